The molecule has 0 radical (unpaired) electrons. The van der Waals surface area contributed by atoms with E-state index in [1.54, 1.807) is 0 Å². The van der Waals surface area contributed by atoms with E-state index in [0.29, 0.717) is 19.4 Å². The van der Waals surface area contributed by atoms with Crippen molar-refractivity contribution in [2.45, 2.75) is 29.9 Å². The lowest BCUT2D eigenvalue weighted by Crippen LogP contribution is -2.29. The molecule has 1 aliphatic heterocycles. The van der Waals surface area contributed by atoms with E-state index in [2.05, 4.69) is 10.2 Å². The minimum Gasteiger partial charge on any atom is -0.411 e. The summed E-state index contributed by atoms with van der Waals surface area (Å²) in [6, 6.07) is 4.81. The first kappa shape index (κ1) is 18.0. The van der Waals surface area contributed by atoms with Gasteiger partial charge in [0.2, 0.25) is 25.8 Å². The van der Waals surface area contributed by atoms with Gasteiger partial charge in [0.25, 0.3) is 0 Å². The minimum absolute atomic E-state index is 0.0131. The maximum atomic E-state index is 13.7. The van der Waals surface area contributed by atoms with Crippen LogP contribution in [0.3, 0.4) is 0 Å². The fraction of sp³-hybridized carbons (Fsp3) is 0.429. The molecule has 0 spiro atoms. The molecule has 8 nitrogen and oxygen atoms in total. The van der Waals surface area contributed by atoms with Crippen molar-refractivity contribution in [2.75, 3.05) is 12.8 Å². The van der Waals surface area contributed by atoms with Crippen molar-refractivity contribution in [3.63, 3.8) is 0 Å². The quantitative estimate of drug-likeness (QED) is 0.757. The van der Waals surface area contributed by atoms with Crippen LogP contribution in [0.4, 0.5) is 4.39 Å². The first-order chi connectivity index (χ1) is 11.7. The highest BCUT2D eigenvalue weighted by Gasteiger charge is 2.37. The summed E-state index contributed by atoms with van der Waals surface area (Å²) in [6.45, 7) is 0.309. The molecule has 11 heteroatoms. The van der Waals surface area contributed by atoms with Crippen LogP contribution in [0.5, 0.6) is 0 Å². The highest BCUT2D eigenvalue weighted by Crippen LogP contribution is 2.33. The monoisotopic (exact) mass is 389 g/mol. The van der Waals surface area contributed by atoms with Crippen molar-refractivity contribution in [2.24, 2.45) is 0 Å². The number of hydrogen-bond donors (Lipinski definition) is 0. The van der Waals surface area contributed by atoms with Crippen LogP contribution < -0.4 is 0 Å². The second-order valence-corrected chi connectivity index (χ2v) is 9.59. The number of hydrogen-bond acceptors (Lipinski definition) is 7. The van der Waals surface area contributed by atoms with Crippen molar-refractivity contribution >= 4 is 19.9 Å². The first-order valence-electron chi connectivity index (χ1n) is 7.45. The molecular weight excluding hydrogens is 373 g/mol. The number of rotatable bonds is 5. The number of aromatic nitrogens is 2. The van der Waals surface area contributed by atoms with Crippen LogP contribution in [0.25, 0.3) is 0 Å². The van der Waals surface area contributed by atoms with Gasteiger partial charge >= 0.3 is 5.22 Å². The third-order valence-corrected chi connectivity index (χ3v) is 6.58. The van der Waals surface area contributed by atoms with E-state index in [0.717, 1.165) is 12.3 Å². The van der Waals surface area contributed by atoms with E-state index in [-0.39, 0.29) is 11.5 Å². The Bertz CT molecular complexity index is 987. The maximum absolute atomic E-state index is 13.7. The van der Waals surface area contributed by atoms with Crippen molar-refractivity contribution < 1.29 is 25.6 Å². The van der Waals surface area contributed by atoms with Gasteiger partial charge in [-0.05, 0) is 18.9 Å². The lowest BCUT2D eigenvalue weighted by Gasteiger charge is -2.18. The van der Waals surface area contributed by atoms with Gasteiger partial charge in [-0.15, -0.1) is 5.10 Å². The molecule has 0 amide bonds. The number of halogens is 1. The Morgan fingerprint density at radius 2 is 1.96 bits per heavy atom. The molecule has 0 unspecified atom stereocenters. The average molecular weight is 389 g/mol. The van der Waals surface area contributed by atoms with Crippen LogP contribution in [0.15, 0.2) is 33.9 Å². The topological polar surface area (TPSA) is 110 Å². The van der Waals surface area contributed by atoms with Crippen LogP contribution in [-0.4, -0.2) is 44.1 Å². The zero-order valence-corrected chi connectivity index (χ0v) is 14.9. The number of sulfonamides is 1. The summed E-state index contributed by atoms with van der Waals surface area (Å²) in [7, 11) is -7.52. The minimum atomic E-state index is -4.05. The van der Waals surface area contributed by atoms with Gasteiger partial charge in [-0.1, -0.05) is 23.3 Å². The second-order valence-electron chi connectivity index (χ2n) is 5.79. The SMILES string of the molecule is CS(=O)(=O)N1CCC[C@H]1c1nnc(S(=O)(=O)Cc2ccccc2F)o1. The summed E-state index contributed by atoms with van der Waals surface area (Å²) in [5.41, 5.74) is -0.0131. The summed E-state index contributed by atoms with van der Waals surface area (Å²) < 4.78 is 68.4. The largest absolute Gasteiger partial charge is 0.411 e. The molecule has 1 atom stereocenters. The normalized spacial score (nSPS) is 19.4. The molecule has 1 aromatic heterocycles. The van der Waals surface area contributed by atoms with Crippen molar-refractivity contribution in [1.82, 2.24) is 14.5 Å². The molecule has 1 saturated heterocycles. The van der Waals surface area contributed by atoms with Gasteiger partial charge in [0.05, 0.1) is 12.0 Å². The van der Waals surface area contributed by atoms with Crippen LogP contribution in [0.1, 0.15) is 30.3 Å². The molecule has 0 bridgehead atoms. The summed E-state index contributed by atoms with van der Waals surface area (Å²) >= 11 is 0. The van der Waals surface area contributed by atoms with Gasteiger partial charge < -0.3 is 4.42 Å². The summed E-state index contributed by atoms with van der Waals surface area (Å²) in [5, 5.41) is 6.58. The lowest BCUT2D eigenvalue weighted by molar-refractivity contribution is 0.304. The van der Waals surface area contributed by atoms with Crippen LogP contribution in [0, 0.1) is 5.82 Å². The van der Waals surface area contributed by atoms with E-state index in [1.165, 1.54) is 22.5 Å². The van der Waals surface area contributed by atoms with Gasteiger partial charge in [-0.2, -0.15) is 4.31 Å². The van der Waals surface area contributed by atoms with Gasteiger partial charge in [-0.25, -0.2) is 21.2 Å². The highest BCUT2D eigenvalue weighted by atomic mass is 32.2. The molecule has 1 aliphatic rings. The first-order valence-corrected chi connectivity index (χ1v) is 10.9. The molecule has 0 saturated carbocycles. The summed E-state index contributed by atoms with van der Waals surface area (Å²) in [6.07, 6.45) is 2.14. The second kappa shape index (κ2) is 6.46. The summed E-state index contributed by atoms with van der Waals surface area (Å²) in [5.74, 6) is -1.35. The standard InChI is InChI=1S/C14H16FN3O5S2/c1-24(19,20)18-8-4-7-12(18)13-16-17-14(23-13)25(21,22)9-10-5-2-3-6-11(10)15/h2-3,5-6,12H,4,7-9H2,1H3/t12-/m0/s1. The van der Waals surface area contributed by atoms with E-state index in [4.69, 9.17) is 4.42 Å². The zero-order chi connectivity index (χ0) is 18.2. The van der Waals surface area contributed by atoms with Gasteiger partial charge in [-0.3, -0.25) is 0 Å². The van der Waals surface area contributed by atoms with E-state index in [9.17, 15) is 21.2 Å². The Hall–Kier alpha value is -1.85. The average Bonchev–Trinajstić information content (AvgIpc) is 3.17. The van der Waals surface area contributed by atoms with Crippen LogP contribution in [-0.2, 0) is 25.6 Å². The number of sulfone groups is 1. The highest BCUT2D eigenvalue weighted by molar-refractivity contribution is 7.90. The van der Waals surface area contributed by atoms with E-state index in [1.807, 2.05) is 0 Å². The zero-order valence-electron chi connectivity index (χ0n) is 13.3. The Balaban J connectivity index is 1.87. The molecule has 2 aromatic rings. The van der Waals surface area contributed by atoms with Crippen molar-refractivity contribution in [3.8, 4) is 0 Å². The Labute approximate surface area is 144 Å². The molecule has 3 rings (SSSR count). The summed E-state index contributed by atoms with van der Waals surface area (Å²) in [4.78, 5) is 0. The molecular formula is C14H16FN3O5S2. The smallest absolute Gasteiger partial charge is 0.335 e. The van der Waals surface area contributed by atoms with Gasteiger partial charge in [0.1, 0.15) is 11.9 Å². The number of nitrogens with zero attached hydrogens (tertiary/aromatic N) is 3. The van der Waals surface area contributed by atoms with E-state index < -0.39 is 42.7 Å². The molecule has 25 heavy (non-hydrogen) atoms. The fourth-order valence-corrected chi connectivity index (χ4v) is 5.01. The molecule has 2 heterocycles. The van der Waals surface area contributed by atoms with Gasteiger partial charge in [0, 0.05) is 12.1 Å². The molecule has 1 aromatic carbocycles. The fourth-order valence-electron chi connectivity index (χ4n) is 2.75. The third kappa shape index (κ3) is 3.72. The molecule has 1 fully saturated rings. The molecule has 0 aliphatic carbocycles. The van der Waals surface area contributed by atoms with E-state index >= 15 is 0 Å². The lowest BCUT2D eigenvalue weighted by atomic mass is 10.2. The Morgan fingerprint density at radius 3 is 2.64 bits per heavy atom. The van der Waals surface area contributed by atoms with Crippen LogP contribution in [0.2, 0.25) is 0 Å². The maximum Gasteiger partial charge on any atom is 0.335 e. The Morgan fingerprint density at radius 1 is 1.24 bits per heavy atom. The molecule has 136 valence electrons. The predicted octanol–water partition coefficient (Wildman–Crippen LogP) is 1.28. The van der Waals surface area contributed by atoms with Crippen LogP contribution >= 0.6 is 0 Å². The predicted molar refractivity (Wildman–Crippen MR) is 85.1 cm³/mol. The van der Waals surface area contributed by atoms with Crippen molar-refractivity contribution in [1.29, 1.82) is 0 Å². The third-order valence-electron chi connectivity index (χ3n) is 3.91. The number of benzene rings is 1. The van der Waals surface area contributed by atoms with Crippen molar-refractivity contribution in [3.05, 3.63) is 41.5 Å². The molecule has 0 N–H and O–H groups in total. The van der Waals surface area contributed by atoms with Gasteiger partial charge in [0.15, 0.2) is 0 Å². The Kier molecular flexibility index (Phi) is 4.64.